The van der Waals surface area contributed by atoms with Crippen molar-refractivity contribution in [3.63, 3.8) is 0 Å². The average molecular weight is 381 g/mol. The highest BCUT2D eigenvalue weighted by Crippen LogP contribution is 2.35. The standard InChI is InChI=1S/C21H24N4OS/c1-14-16(15(2)24(3)23-14)11-12-20(26)25-13-7-6-9-18(25)21-22-17-8-4-5-10-19(17)27-21/h4-5,8,10-12,18H,6-7,9,13H2,1-3H3. The molecule has 0 saturated carbocycles. The van der Waals surface area contributed by atoms with E-state index in [0.29, 0.717) is 0 Å². The van der Waals surface area contributed by atoms with Crippen molar-refractivity contribution in [3.8, 4) is 0 Å². The van der Waals surface area contributed by atoms with E-state index in [2.05, 4.69) is 11.2 Å². The molecule has 1 aromatic carbocycles. The van der Waals surface area contributed by atoms with Crippen molar-refractivity contribution in [2.45, 2.75) is 39.2 Å². The Labute approximate surface area is 163 Å². The molecule has 140 valence electrons. The largest absolute Gasteiger partial charge is 0.330 e. The Bertz CT molecular complexity index is 984. The van der Waals surface area contributed by atoms with E-state index in [4.69, 9.17) is 4.98 Å². The van der Waals surface area contributed by atoms with Crippen molar-refractivity contribution in [3.05, 3.63) is 52.3 Å². The summed E-state index contributed by atoms with van der Waals surface area (Å²) in [4.78, 5) is 19.8. The van der Waals surface area contributed by atoms with Crippen molar-refractivity contribution in [2.24, 2.45) is 7.05 Å². The fourth-order valence-corrected chi connectivity index (χ4v) is 4.88. The van der Waals surface area contributed by atoms with Gasteiger partial charge in [0.05, 0.1) is 22.0 Å². The number of rotatable bonds is 3. The minimum atomic E-state index is 0.0570. The maximum atomic E-state index is 13.0. The van der Waals surface area contributed by atoms with Crippen LogP contribution < -0.4 is 0 Å². The number of aromatic nitrogens is 3. The fourth-order valence-electron chi connectivity index (χ4n) is 3.77. The van der Waals surface area contributed by atoms with E-state index in [9.17, 15) is 4.79 Å². The second-order valence-electron chi connectivity index (χ2n) is 7.10. The summed E-state index contributed by atoms with van der Waals surface area (Å²) < 4.78 is 3.03. The van der Waals surface area contributed by atoms with Gasteiger partial charge >= 0.3 is 0 Å². The van der Waals surface area contributed by atoms with Crippen LogP contribution in [0.2, 0.25) is 0 Å². The molecule has 1 unspecified atom stereocenters. The summed E-state index contributed by atoms with van der Waals surface area (Å²) in [6, 6.07) is 8.26. The van der Waals surface area contributed by atoms with Gasteiger partial charge in [-0.05, 0) is 51.3 Å². The van der Waals surface area contributed by atoms with Crippen LogP contribution in [-0.2, 0) is 11.8 Å². The number of carbonyl (C=O) groups excluding carboxylic acids is 1. The number of thiazole rings is 1. The van der Waals surface area contributed by atoms with Crippen LogP contribution in [0.1, 0.15) is 47.3 Å². The molecule has 0 radical (unpaired) electrons. The zero-order valence-corrected chi connectivity index (χ0v) is 16.8. The van der Waals surface area contributed by atoms with Crippen molar-refractivity contribution < 1.29 is 4.79 Å². The summed E-state index contributed by atoms with van der Waals surface area (Å²) in [6.45, 7) is 4.78. The Morgan fingerprint density at radius 2 is 2.07 bits per heavy atom. The number of amides is 1. The van der Waals surface area contributed by atoms with Crippen LogP contribution in [0.15, 0.2) is 30.3 Å². The fraction of sp³-hybridized carbons (Fsp3) is 0.381. The Kier molecular flexibility index (Phi) is 4.83. The van der Waals surface area contributed by atoms with Crippen molar-refractivity contribution in [1.82, 2.24) is 19.7 Å². The second kappa shape index (κ2) is 7.27. The third-order valence-corrected chi connectivity index (χ3v) is 6.48. The van der Waals surface area contributed by atoms with E-state index in [-0.39, 0.29) is 11.9 Å². The Morgan fingerprint density at radius 3 is 2.81 bits per heavy atom. The smallest absolute Gasteiger partial charge is 0.247 e. The molecule has 0 bridgehead atoms. The van der Waals surface area contributed by atoms with Gasteiger partial charge in [-0.3, -0.25) is 9.48 Å². The van der Waals surface area contributed by atoms with Crippen LogP contribution in [0.3, 0.4) is 0 Å². The van der Waals surface area contributed by atoms with Gasteiger partial charge in [-0.1, -0.05) is 12.1 Å². The molecular weight excluding hydrogens is 356 g/mol. The summed E-state index contributed by atoms with van der Waals surface area (Å²) >= 11 is 1.71. The van der Waals surface area contributed by atoms with Crippen molar-refractivity contribution in [1.29, 1.82) is 0 Å². The molecule has 27 heavy (non-hydrogen) atoms. The monoisotopic (exact) mass is 380 g/mol. The van der Waals surface area contributed by atoms with Crippen LogP contribution in [0.25, 0.3) is 16.3 Å². The Morgan fingerprint density at radius 1 is 1.26 bits per heavy atom. The molecule has 6 heteroatoms. The second-order valence-corrected chi connectivity index (χ2v) is 8.17. The minimum Gasteiger partial charge on any atom is -0.330 e. The number of fused-ring (bicyclic) bond motifs is 1. The Hall–Kier alpha value is -2.47. The number of hydrogen-bond acceptors (Lipinski definition) is 4. The maximum absolute atomic E-state index is 13.0. The number of carbonyl (C=O) groups is 1. The average Bonchev–Trinajstić information content (AvgIpc) is 3.21. The molecule has 4 rings (SSSR count). The molecule has 0 spiro atoms. The van der Waals surface area contributed by atoms with E-state index in [1.54, 1.807) is 17.4 Å². The van der Waals surface area contributed by atoms with Gasteiger partial charge in [0.2, 0.25) is 5.91 Å². The summed E-state index contributed by atoms with van der Waals surface area (Å²) in [7, 11) is 1.93. The van der Waals surface area contributed by atoms with E-state index in [0.717, 1.165) is 53.3 Å². The first kappa shape index (κ1) is 17.9. The molecule has 3 heterocycles. The zero-order chi connectivity index (χ0) is 19.0. The van der Waals surface area contributed by atoms with Crippen molar-refractivity contribution in [2.75, 3.05) is 6.54 Å². The minimum absolute atomic E-state index is 0.0570. The van der Waals surface area contributed by atoms with Gasteiger partial charge in [-0.25, -0.2) is 4.98 Å². The van der Waals surface area contributed by atoms with E-state index in [1.807, 2.05) is 54.8 Å². The molecular formula is C21H24N4OS. The lowest BCUT2D eigenvalue weighted by atomic mass is 10.0. The van der Waals surface area contributed by atoms with Gasteiger partial charge in [0.25, 0.3) is 0 Å². The van der Waals surface area contributed by atoms with Crippen molar-refractivity contribution >= 4 is 33.5 Å². The normalized spacial score (nSPS) is 17.9. The molecule has 3 aromatic rings. The topological polar surface area (TPSA) is 51.0 Å². The van der Waals surface area contributed by atoms with Crippen LogP contribution in [0.4, 0.5) is 0 Å². The molecule has 1 aliphatic heterocycles. The van der Waals surface area contributed by atoms with Crippen LogP contribution >= 0.6 is 11.3 Å². The number of para-hydroxylation sites is 1. The van der Waals surface area contributed by atoms with Crippen LogP contribution in [-0.4, -0.2) is 32.1 Å². The number of likely N-dealkylation sites (tertiary alicyclic amines) is 1. The van der Waals surface area contributed by atoms with Gasteiger partial charge in [0, 0.05) is 30.9 Å². The van der Waals surface area contributed by atoms with Gasteiger partial charge in [0.1, 0.15) is 5.01 Å². The number of hydrogen-bond donors (Lipinski definition) is 0. The predicted octanol–water partition coefficient (Wildman–Crippen LogP) is 4.41. The first-order valence-electron chi connectivity index (χ1n) is 9.39. The number of benzene rings is 1. The first-order valence-corrected chi connectivity index (χ1v) is 10.2. The highest BCUT2D eigenvalue weighted by Gasteiger charge is 2.29. The highest BCUT2D eigenvalue weighted by atomic mass is 32.1. The molecule has 1 aliphatic rings. The van der Waals surface area contributed by atoms with Gasteiger partial charge in [-0.15, -0.1) is 11.3 Å². The lowest BCUT2D eigenvalue weighted by molar-refractivity contribution is -0.129. The third kappa shape index (κ3) is 3.41. The quantitative estimate of drug-likeness (QED) is 0.632. The third-order valence-electron chi connectivity index (χ3n) is 5.34. The lowest BCUT2D eigenvalue weighted by Crippen LogP contribution is -2.37. The maximum Gasteiger partial charge on any atom is 0.247 e. The van der Waals surface area contributed by atoms with E-state index in [1.165, 1.54) is 4.70 Å². The molecule has 0 aliphatic carbocycles. The summed E-state index contributed by atoms with van der Waals surface area (Å²) in [5.41, 5.74) is 4.06. The highest BCUT2D eigenvalue weighted by molar-refractivity contribution is 7.18. The SMILES string of the molecule is Cc1nn(C)c(C)c1C=CC(=O)N1CCCCC1c1nc2ccccc2s1. The number of nitrogens with zero attached hydrogens (tertiary/aromatic N) is 4. The summed E-state index contributed by atoms with van der Waals surface area (Å²) in [5, 5.41) is 5.47. The van der Waals surface area contributed by atoms with Gasteiger partial charge < -0.3 is 4.90 Å². The molecule has 1 amide bonds. The van der Waals surface area contributed by atoms with Crippen LogP contribution in [0, 0.1) is 13.8 Å². The molecule has 1 atom stereocenters. The summed E-state index contributed by atoms with van der Waals surface area (Å²) in [5.74, 6) is 0.0570. The molecule has 2 aromatic heterocycles. The lowest BCUT2D eigenvalue weighted by Gasteiger charge is -2.33. The van der Waals surface area contributed by atoms with Crippen LogP contribution in [0.5, 0.6) is 0 Å². The Balaban J connectivity index is 1.60. The molecule has 1 saturated heterocycles. The molecule has 1 fully saturated rings. The predicted molar refractivity (Wildman–Crippen MR) is 110 cm³/mol. The molecule has 5 nitrogen and oxygen atoms in total. The number of aryl methyl sites for hydroxylation is 2. The zero-order valence-electron chi connectivity index (χ0n) is 16.0. The summed E-state index contributed by atoms with van der Waals surface area (Å²) in [6.07, 6.45) is 6.76. The first-order chi connectivity index (χ1) is 13.0. The number of piperidine rings is 1. The molecule has 0 N–H and O–H groups in total. The van der Waals surface area contributed by atoms with Gasteiger partial charge in [-0.2, -0.15) is 5.10 Å². The van der Waals surface area contributed by atoms with E-state index >= 15 is 0 Å². The van der Waals surface area contributed by atoms with E-state index < -0.39 is 0 Å². The van der Waals surface area contributed by atoms with Gasteiger partial charge in [0.15, 0.2) is 0 Å².